The first-order valence-electron chi connectivity index (χ1n) is 7.10. The van der Waals surface area contributed by atoms with E-state index < -0.39 is 24.0 Å². The number of hydrogen-bond acceptors (Lipinski definition) is 5. The molecule has 0 aliphatic heterocycles. The third-order valence-electron chi connectivity index (χ3n) is 3.37. The van der Waals surface area contributed by atoms with Gasteiger partial charge in [0.05, 0.1) is 0 Å². The molecule has 2 rings (SSSR count). The van der Waals surface area contributed by atoms with Crippen LogP contribution < -0.4 is 11.1 Å². The van der Waals surface area contributed by atoms with Crippen LogP contribution in [0.2, 0.25) is 0 Å². The zero-order valence-corrected chi connectivity index (χ0v) is 13.1. The van der Waals surface area contributed by atoms with E-state index in [1.54, 1.807) is 32.9 Å². The van der Waals surface area contributed by atoms with E-state index in [-0.39, 0.29) is 11.7 Å². The van der Waals surface area contributed by atoms with Gasteiger partial charge in [0.15, 0.2) is 6.10 Å². The number of urea groups is 1. The van der Waals surface area contributed by atoms with Crippen molar-refractivity contribution in [2.75, 3.05) is 0 Å². The van der Waals surface area contributed by atoms with E-state index >= 15 is 0 Å². The summed E-state index contributed by atoms with van der Waals surface area (Å²) in [5.41, 5.74) is 6.10. The Morgan fingerprint density at radius 2 is 1.87 bits per heavy atom. The molecule has 0 bridgehead atoms. The number of fused-ring (bicyclic) bond motifs is 1. The quantitative estimate of drug-likeness (QED) is 0.839. The van der Waals surface area contributed by atoms with E-state index in [9.17, 15) is 14.4 Å². The van der Waals surface area contributed by atoms with Gasteiger partial charge in [-0.1, -0.05) is 32.0 Å². The summed E-state index contributed by atoms with van der Waals surface area (Å²) in [4.78, 5) is 35.0. The fourth-order valence-corrected chi connectivity index (χ4v) is 2.22. The lowest BCUT2D eigenvalue weighted by Crippen LogP contribution is -2.45. The molecule has 1 heterocycles. The highest BCUT2D eigenvalue weighted by atomic mass is 16.6. The van der Waals surface area contributed by atoms with E-state index in [1.807, 2.05) is 17.4 Å². The van der Waals surface area contributed by atoms with Gasteiger partial charge in [0.1, 0.15) is 5.58 Å². The summed E-state index contributed by atoms with van der Waals surface area (Å²) in [6.07, 6.45) is -1.15. The SMILES string of the molecule is Cc1c(C(=O)O[C@@H](C(=O)NC(N)=O)C(C)C)oc2ccccc12. The van der Waals surface area contributed by atoms with E-state index in [1.165, 1.54) is 0 Å². The maximum atomic E-state index is 12.3. The zero-order chi connectivity index (χ0) is 17.1. The number of nitrogens with two attached hydrogens (primary N) is 1. The summed E-state index contributed by atoms with van der Waals surface area (Å²) in [6, 6.07) is 6.18. The number of carbonyl (C=O) groups is 3. The minimum Gasteiger partial charge on any atom is -0.449 e. The molecule has 3 N–H and O–H groups in total. The third-order valence-corrected chi connectivity index (χ3v) is 3.37. The molecule has 0 saturated carbocycles. The standard InChI is InChI=1S/C16H18N2O5/c1-8(2)12(14(19)18-16(17)21)23-15(20)13-9(3)10-6-4-5-7-11(10)22-13/h4-8,12H,1-3H3,(H3,17,18,19,21)/t12-/m1/s1. The first kappa shape index (κ1) is 16.5. The van der Waals surface area contributed by atoms with Crippen molar-refractivity contribution < 1.29 is 23.5 Å². The molecule has 3 amide bonds. The normalized spacial score (nSPS) is 12.2. The van der Waals surface area contributed by atoms with Gasteiger partial charge >= 0.3 is 12.0 Å². The van der Waals surface area contributed by atoms with Gasteiger partial charge < -0.3 is 14.9 Å². The van der Waals surface area contributed by atoms with Crippen molar-refractivity contribution in [3.63, 3.8) is 0 Å². The molecule has 23 heavy (non-hydrogen) atoms. The molecule has 1 aromatic carbocycles. The molecule has 1 atom stereocenters. The zero-order valence-electron chi connectivity index (χ0n) is 13.1. The van der Waals surface area contributed by atoms with Gasteiger partial charge in [-0.25, -0.2) is 9.59 Å². The predicted octanol–water partition coefficient (Wildman–Crippen LogP) is 2.12. The second-order valence-corrected chi connectivity index (χ2v) is 5.48. The molecular formula is C16H18N2O5. The topological polar surface area (TPSA) is 112 Å². The fraction of sp³-hybridized carbons (Fsp3) is 0.312. The Morgan fingerprint density at radius 1 is 1.22 bits per heavy atom. The van der Waals surface area contributed by atoms with Crippen molar-refractivity contribution in [3.8, 4) is 0 Å². The number of imide groups is 1. The van der Waals surface area contributed by atoms with Gasteiger partial charge in [0, 0.05) is 10.9 Å². The second kappa shape index (κ2) is 6.51. The molecular weight excluding hydrogens is 300 g/mol. The summed E-state index contributed by atoms with van der Waals surface area (Å²) >= 11 is 0. The molecule has 7 heteroatoms. The molecule has 0 aliphatic rings. The average Bonchev–Trinajstić information content (AvgIpc) is 2.81. The van der Waals surface area contributed by atoms with Crippen LogP contribution in [0.25, 0.3) is 11.0 Å². The highest BCUT2D eigenvalue weighted by Crippen LogP contribution is 2.26. The van der Waals surface area contributed by atoms with E-state index in [4.69, 9.17) is 14.9 Å². The molecule has 0 unspecified atom stereocenters. The van der Waals surface area contributed by atoms with Gasteiger partial charge in [0.25, 0.3) is 5.91 Å². The molecule has 0 spiro atoms. The van der Waals surface area contributed by atoms with Gasteiger partial charge in [-0.3, -0.25) is 10.1 Å². The van der Waals surface area contributed by atoms with Crippen LogP contribution in [0, 0.1) is 12.8 Å². The molecule has 0 aliphatic carbocycles. The number of aryl methyl sites for hydroxylation is 1. The largest absolute Gasteiger partial charge is 0.449 e. The minimum atomic E-state index is -1.15. The van der Waals surface area contributed by atoms with Crippen molar-refractivity contribution in [3.05, 3.63) is 35.6 Å². The number of amides is 3. The van der Waals surface area contributed by atoms with Crippen LogP contribution in [0.3, 0.4) is 0 Å². The number of nitrogens with one attached hydrogen (secondary N) is 1. The molecule has 2 aromatic rings. The van der Waals surface area contributed by atoms with Crippen LogP contribution in [0.1, 0.15) is 30.0 Å². The Hall–Kier alpha value is -2.83. The van der Waals surface area contributed by atoms with Crippen LogP contribution in [0.5, 0.6) is 0 Å². The van der Waals surface area contributed by atoms with Crippen LogP contribution >= 0.6 is 0 Å². The number of rotatable bonds is 4. The van der Waals surface area contributed by atoms with Crippen LogP contribution in [0.4, 0.5) is 4.79 Å². The summed E-state index contributed by atoms with van der Waals surface area (Å²) in [6.45, 7) is 5.10. The number of esters is 1. The molecule has 0 radical (unpaired) electrons. The smallest absolute Gasteiger partial charge is 0.375 e. The minimum absolute atomic E-state index is 0.0312. The first-order valence-corrected chi connectivity index (χ1v) is 7.10. The number of primary amides is 1. The summed E-state index contributed by atoms with van der Waals surface area (Å²) in [5, 5.41) is 2.71. The summed E-state index contributed by atoms with van der Waals surface area (Å²) in [5.74, 6) is -1.85. The van der Waals surface area contributed by atoms with Crippen molar-refractivity contribution in [2.24, 2.45) is 11.7 Å². The molecule has 1 aromatic heterocycles. The van der Waals surface area contributed by atoms with Gasteiger partial charge in [-0.05, 0) is 18.9 Å². The summed E-state index contributed by atoms with van der Waals surface area (Å²) in [7, 11) is 0. The Labute approximate surface area is 132 Å². The van der Waals surface area contributed by atoms with E-state index in [2.05, 4.69) is 0 Å². The lowest BCUT2D eigenvalue weighted by atomic mass is 10.1. The van der Waals surface area contributed by atoms with E-state index in [0.29, 0.717) is 11.1 Å². The molecule has 7 nitrogen and oxygen atoms in total. The number of benzene rings is 1. The molecule has 0 fully saturated rings. The third kappa shape index (κ3) is 3.50. The molecule has 122 valence electrons. The van der Waals surface area contributed by atoms with Gasteiger partial charge in [-0.2, -0.15) is 0 Å². The number of furan rings is 1. The highest BCUT2D eigenvalue weighted by Gasteiger charge is 2.30. The number of ether oxygens (including phenoxy) is 1. The monoisotopic (exact) mass is 318 g/mol. The lowest BCUT2D eigenvalue weighted by Gasteiger charge is -2.19. The van der Waals surface area contributed by atoms with Crippen molar-refractivity contribution >= 4 is 28.9 Å². The van der Waals surface area contributed by atoms with Gasteiger partial charge in [0.2, 0.25) is 5.76 Å². The van der Waals surface area contributed by atoms with Crippen LogP contribution in [0.15, 0.2) is 28.7 Å². The average molecular weight is 318 g/mol. The maximum Gasteiger partial charge on any atom is 0.375 e. The highest BCUT2D eigenvalue weighted by molar-refractivity contribution is 5.99. The van der Waals surface area contributed by atoms with Crippen LogP contribution in [-0.2, 0) is 9.53 Å². The number of para-hydroxylation sites is 1. The maximum absolute atomic E-state index is 12.3. The van der Waals surface area contributed by atoms with Crippen molar-refractivity contribution in [1.29, 1.82) is 0 Å². The summed E-state index contributed by atoms with van der Waals surface area (Å²) < 4.78 is 10.7. The Balaban J connectivity index is 2.25. The van der Waals surface area contributed by atoms with Gasteiger partial charge in [-0.15, -0.1) is 0 Å². The van der Waals surface area contributed by atoms with Crippen LogP contribution in [-0.4, -0.2) is 24.0 Å². The Morgan fingerprint density at radius 3 is 2.43 bits per heavy atom. The first-order chi connectivity index (χ1) is 10.8. The number of hydrogen-bond donors (Lipinski definition) is 2. The Bertz CT molecular complexity index is 763. The van der Waals surface area contributed by atoms with E-state index in [0.717, 1.165) is 5.39 Å². The predicted molar refractivity (Wildman–Crippen MR) is 82.7 cm³/mol. The Kier molecular flexibility index (Phi) is 4.68. The van der Waals surface area contributed by atoms with Crippen molar-refractivity contribution in [2.45, 2.75) is 26.9 Å². The lowest BCUT2D eigenvalue weighted by molar-refractivity contribution is -0.131. The second-order valence-electron chi connectivity index (χ2n) is 5.48. The fourth-order valence-electron chi connectivity index (χ4n) is 2.22. The number of carbonyl (C=O) groups excluding carboxylic acids is 3. The molecule has 0 saturated heterocycles. The van der Waals surface area contributed by atoms with Crippen molar-refractivity contribution in [1.82, 2.24) is 5.32 Å².